The van der Waals surface area contributed by atoms with Crippen LogP contribution in [0.15, 0.2) is 40.5 Å². The van der Waals surface area contributed by atoms with Crippen LogP contribution in [-0.4, -0.2) is 29.3 Å². The predicted molar refractivity (Wildman–Crippen MR) is 85.2 cm³/mol. The second-order valence-corrected chi connectivity index (χ2v) is 5.23. The zero-order valence-electron chi connectivity index (χ0n) is 13.1. The summed E-state index contributed by atoms with van der Waals surface area (Å²) in [5.74, 6) is -0.619. The van der Waals surface area contributed by atoms with Gasteiger partial charge in [0.1, 0.15) is 11.3 Å². The Morgan fingerprint density at radius 1 is 1.22 bits per heavy atom. The lowest BCUT2D eigenvalue weighted by atomic mass is 10.1. The van der Waals surface area contributed by atoms with Gasteiger partial charge in [-0.1, -0.05) is 32.3 Å². The maximum absolute atomic E-state index is 12.3. The van der Waals surface area contributed by atoms with E-state index in [1.54, 1.807) is 24.3 Å². The second-order valence-electron chi connectivity index (χ2n) is 5.23. The molecule has 0 aromatic carbocycles. The molecule has 0 unspecified atom stereocenters. The molecule has 2 rings (SSSR count). The third kappa shape index (κ3) is 4.42. The van der Waals surface area contributed by atoms with Crippen molar-refractivity contribution < 1.29 is 18.8 Å². The third-order valence-corrected chi connectivity index (χ3v) is 3.49. The molecule has 0 radical (unpaired) electrons. The van der Waals surface area contributed by atoms with E-state index in [1.165, 1.54) is 12.3 Å². The van der Waals surface area contributed by atoms with E-state index < -0.39 is 17.8 Å². The van der Waals surface area contributed by atoms with E-state index >= 15 is 0 Å². The molecule has 0 aliphatic carbocycles. The number of urea groups is 1. The maximum atomic E-state index is 12.3. The minimum atomic E-state index is -0.672. The monoisotopic (exact) mass is 316 g/mol. The van der Waals surface area contributed by atoms with Crippen molar-refractivity contribution in [1.29, 1.82) is 0 Å². The molecule has 1 fully saturated rings. The Morgan fingerprint density at radius 3 is 2.74 bits per heavy atom. The van der Waals surface area contributed by atoms with Crippen molar-refractivity contribution in [3.05, 3.63) is 41.9 Å². The summed E-state index contributed by atoms with van der Waals surface area (Å²) in [5.41, 5.74) is -0.0529. The van der Waals surface area contributed by atoms with Crippen molar-refractivity contribution in [3.63, 3.8) is 0 Å². The lowest BCUT2D eigenvalue weighted by Gasteiger charge is -2.26. The fourth-order valence-electron chi connectivity index (χ4n) is 2.24. The highest BCUT2D eigenvalue weighted by atomic mass is 16.3. The lowest BCUT2D eigenvalue weighted by Crippen LogP contribution is -2.54. The van der Waals surface area contributed by atoms with Gasteiger partial charge in [-0.15, -0.1) is 0 Å². The summed E-state index contributed by atoms with van der Waals surface area (Å²) in [5, 5.41) is 2.20. The number of hydrogen-bond donors (Lipinski definition) is 1. The van der Waals surface area contributed by atoms with Gasteiger partial charge in [0.15, 0.2) is 0 Å². The molecule has 23 heavy (non-hydrogen) atoms. The zero-order valence-corrected chi connectivity index (χ0v) is 13.1. The first-order valence-electron chi connectivity index (χ1n) is 7.72. The summed E-state index contributed by atoms with van der Waals surface area (Å²) in [4.78, 5) is 37.0. The molecule has 0 atom stereocenters. The van der Waals surface area contributed by atoms with E-state index in [0.717, 1.165) is 30.6 Å². The Morgan fingerprint density at radius 2 is 2.04 bits per heavy atom. The summed E-state index contributed by atoms with van der Waals surface area (Å²) >= 11 is 0. The fraction of sp³-hybridized carbons (Fsp3) is 0.353. The quantitative estimate of drug-likeness (QED) is 0.476. The first-order chi connectivity index (χ1) is 11.1. The standard InChI is InChI=1S/C17H20N2O4/c1-2-3-4-5-11-19-16(21)14(15(20)18-17(19)22)10-6-8-13-9-7-12-23-13/h6-10,12H,2-5,11H2,1H3,(H,18,20,22)/b8-6+,14-10-. The van der Waals surface area contributed by atoms with Gasteiger partial charge in [-0.2, -0.15) is 0 Å². The number of carbonyl (C=O) groups excluding carboxylic acids is 3. The van der Waals surface area contributed by atoms with Crippen molar-refractivity contribution in [2.45, 2.75) is 32.6 Å². The number of imide groups is 2. The van der Waals surface area contributed by atoms with Crippen LogP contribution in [0, 0.1) is 0 Å². The van der Waals surface area contributed by atoms with Gasteiger partial charge in [0, 0.05) is 6.54 Å². The van der Waals surface area contributed by atoms with Gasteiger partial charge in [-0.05, 0) is 30.7 Å². The van der Waals surface area contributed by atoms with E-state index in [9.17, 15) is 14.4 Å². The van der Waals surface area contributed by atoms with Crippen molar-refractivity contribution in [3.8, 4) is 0 Å². The topological polar surface area (TPSA) is 79.6 Å². The number of barbiturate groups is 1. The Kier molecular flexibility index (Phi) is 5.91. The van der Waals surface area contributed by atoms with Gasteiger partial charge in [-0.3, -0.25) is 19.8 Å². The molecule has 0 saturated carbocycles. The Balaban J connectivity index is 2.04. The molecule has 0 spiro atoms. The van der Waals surface area contributed by atoms with Crippen molar-refractivity contribution in [1.82, 2.24) is 10.2 Å². The van der Waals surface area contributed by atoms with Gasteiger partial charge in [0.2, 0.25) is 0 Å². The van der Waals surface area contributed by atoms with E-state index in [2.05, 4.69) is 12.2 Å². The number of amides is 4. The molecule has 4 amide bonds. The molecule has 0 bridgehead atoms. The molecule has 2 heterocycles. The first kappa shape index (κ1) is 16.7. The van der Waals surface area contributed by atoms with Crippen LogP contribution in [0.2, 0.25) is 0 Å². The lowest BCUT2D eigenvalue weighted by molar-refractivity contribution is -0.130. The summed E-state index contributed by atoms with van der Waals surface area (Å²) in [6, 6.07) is 2.84. The van der Waals surface area contributed by atoms with Crippen LogP contribution in [-0.2, 0) is 9.59 Å². The first-order valence-corrected chi connectivity index (χ1v) is 7.72. The van der Waals surface area contributed by atoms with Crippen LogP contribution < -0.4 is 5.32 Å². The van der Waals surface area contributed by atoms with Crippen molar-refractivity contribution in [2.75, 3.05) is 6.54 Å². The maximum Gasteiger partial charge on any atom is 0.331 e. The molecule has 6 nitrogen and oxygen atoms in total. The second kappa shape index (κ2) is 8.12. The molecule has 122 valence electrons. The molecule has 1 N–H and O–H groups in total. The predicted octanol–water partition coefficient (Wildman–Crippen LogP) is 2.88. The fourth-order valence-corrected chi connectivity index (χ4v) is 2.24. The number of unbranched alkanes of at least 4 members (excludes halogenated alkanes) is 3. The average molecular weight is 316 g/mol. The summed E-state index contributed by atoms with van der Waals surface area (Å²) in [6.07, 6.45) is 9.91. The van der Waals surface area contributed by atoms with Crippen molar-refractivity contribution in [2.24, 2.45) is 0 Å². The number of nitrogens with one attached hydrogen (secondary N) is 1. The highest BCUT2D eigenvalue weighted by molar-refractivity contribution is 6.28. The Hall–Kier alpha value is -2.63. The largest absolute Gasteiger partial charge is 0.465 e. The summed E-state index contributed by atoms with van der Waals surface area (Å²) < 4.78 is 5.12. The zero-order chi connectivity index (χ0) is 16.7. The van der Waals surface area contributed by atoms with Crippen LogP contribution >= 0.6 is 0 Å². The Bertz CT molecular complexity index is 629. The van der Waals surface area contributed by atoms with Crippen LogP contribution in [0.5, 0.6) is 0 Å². The molecule has 1 aliphatic rings. The van der Waals surface area contributed by atoms with Gasteiger partial charge < -0.3 is 4.42 Å². The average Bonchev–Trinajstić information content (AvgIpc) is 3.03. The number of hydrogen-bond acceptors (Lipinski definition) is 4. The minimum absolute atomic E-state index is 0.0529. The van der Waals surface area contributed by atoms with Crippen LogP contribution in [0.25, 0.3) is 6.08 Å². The minimum Gasteiger partial charge on any atom is -0.465 e. The number of rotatable bonds is 7. The van der Waals surface area contributed by atoms with E-state index in [4.69, 9.17) is 4.42 Å². The van der Waals surface area contributed by atoms with Crippen LogP contribution in [0.1, 0.15) is 38.4 Å². The molecular weight excluding hydrogens is 296 g/mol. The SMILES string of the molecule is CCCCCCN1C(=O)NC(=O)/C(=C/C=C/c2ccco2)C1=O. The van der Waals surface area contributed by atoms with Gasteiger partial charge >= 0.3 is 6.03 Å². The highest BCUT2D eigenvalue weighted by Crippen LogP contribution is 2.12. The van der Waals surface area contributed by atoms with E-state index in [1.807, 2.05) is 0 Å². The smallest absolute Gasteiger partial charge is 0.331 e. The van der Waals surface area contributed by atoms with E-state index in [0.29, 0.717) is 12.3 Å². The van der Waals surface area contributed by atoms with E-state index in [-0.39, 0.29) is 5.57 Å². The molecular formula is C17H20N2O4. The highest BCUT2D eigenvalue weighted by Gasteiger charge is 2.34. The number of carbonyl (C=O) groups is 3. The van der Waals surface area contributed by atoms with Gasteiger partial charge in [0.25, 0.3) is 11.8 Å². The molecule has 1 aromatic rings. The summed E-state index contributed by atoms with van der Waals surface area (Å²) in [7, 11) is 0. The number of nitrogens with zero attached hydrogens (tertiary/aromatic N) is 1. The molecule has 1 aromatic heterocycles. The van der Waals surface area contributed by atoms with Gasteiger partial charge in [-0.25, -0.2) is 4.79 Å². The Labute approximate surface area is 134 Å². The molecule has 1 saturated heterocycles. The third-order valence-electron chi connectivity index (χ3n) is 3.49. The molecule has 1 aliphatic heterocycles. The van der Waals surface area contributed by atoms with Crippen LogP contribution in [0.4, 0.5) is 4.79 Å². The summed E-state index contributed by atoms with van der Waals surface area (Å²) in [6.45, 7) is 2.40. The normalized spacial score (nSPS) is 17.3. The van der Waals surface area contributed by atoms with Crippen LogP contribution in [0.3, 0.4) is 0 Å². The van der Waals surface area contributed by atoms with Crippen molar-refractivity contribution >= 4 is 23.9 Å². The number of allylic oxidation sites excluding steroid dienone is 2. The molecule has 6 heteroatoms. The number of furan rings is 1. The van der Waals surface area contributed by atoms with Gasteiger partial charge in [0.05, 0.1) is 6.26 Å².